The number of nitrogens with zero attached hydrogens (tertiary/aromatic N) is 1. The summed E-state index contributed by atoms with van der Waals surface area (Å²) >= 11 is 5.38. The van der Waals surface area contributed by atoms with Gasteiger partial charge < -0.3 is 4.74 Å². The van der Waals surface area contributed by atoms with E-state index in [1.165, 1.54) is 0 Å². The van der Waals surface area contributed by atoms with Crippen molar-refractivity contribution in [2.75, 3.05) is 6.61 Å². The molecule has 2 atom stereocenters. The predicted octanol–water partition coefficient (Wildman–Crippen LogP) is 4.99. The van der Waals surface area contributed by atoms with E-state index >= 15 is 0 Å². The summed E-state index contributed by atoms with van der Waals surface area (Å²) in [7, 11) is -3.52. The lowest BCUT2D eigenvalue weighted by Crippen LogP contribution is -2.42. The molecule has 0 aliphatic carbocycles. The first-order valence-electron chi connectivity index (χ1n) is 10.1. The lowest BCUT2D eigenvalue weighted by molar-refractivity contribution is -0.00458. The molecule has 2 heterocycles. The van der Waals surface area contributed by atoms with Gasteiger partial charge in [0.15, 0.2) is 9.84 Å². The number of benzene rings is 2. The van der Waals surface area contributed by atoms with E-state index in [0.29, 0.717) is 35.5 Å². The van der Waals surface area contributed by atoms with Gasteiger partial charge >= 0.3 is 0 Å². The van der Waals surface area contributed by atoms with E-state index < -0.39 is 14.6 Å². The fraction of sp³-hybridized carbons (Fsp3) is 0.348. The Morgan fingerprint density at radius 2 is 1.93 bits per heavy atom. The van der Waals surface area contributed by atoms with Crippen molar-refractivity contribution in [1.29, 1.82) is 0 Å². The monoisotopic (exact) mass is 442 g/mol. The minimum Gasteiger partial charge on any atom is -0.372 e. The lowest BCUT2D eigenvalue weighted by Gasteiger charge is -2.37. The molecule has 158 valence electrons. The van der Waals surface area contributed by atoms with E-state index in [0.717, 1.165) is 16.8 Å². The van der Waals surface area contributed by atoms with Gasteiger partial charge in [-0.2, -0.15) is 0 Å². The Kier molecular flexibility index (Phi) is 5.70. The molecule has 0 saturated carbocycles. The second-order valence-electron chi connectivity index (χ2n) is 8.20. The maximum Gasteiger partial charge on any atom is 0.184 e. The van der Waals surface area contributed by atoms with Gasteiger partial charge in [-0.15, -0.1) is 0 Å². The van der Waals surface area contributed by atoms with E-state index in [1.54, 1.807) is 18.2 Å². The molecule has 1 fully saturated rings. The van der Waals surface area contributed by atoms with Crippen LogP contribution < -0.4 is 0 Å². The van der Waals surface area contributed by atoms with Gasteiger partial charge in [-0.05, 0) is 56.0 Å². The molecular formula is C23H26N2O3S2. The largest absolute Gasteiger partial charge is 0.372 e. The highest BCUT2D eigenvalue weighted by atomic mass is 32.2. The fourth-order valence-corrected chi connectivity index (χ4v) is 6.20. The third kappa shape index (κ3) is 4.02. The first-order valence-corrected chi connectivity index (χ1v) is 11.9. The maximum absolute atomic E-state index is 13.5. The summed E-state index contributed by atoms with van der Waals surface area (Å²) in [6.45, 7) is 4.75. The molecule has 1 N–H and O–H groups in total. The third-order valence-electron chi connectivity index (χ3n) is 5.86. The molecule has 1 aromatic heterocycles. The topological polar surface area (TPSA) is 64.1 Å². The third-order valence-corrected chi connectivity index (χ3v) is 8.62. The maximum atomic E-state index is 13.5. The molecule has 0 spiro atoms. The minimum atomic E-state index is -3.52. The van der Waals surface area contributed by atoms with Gasteiger partial charge in [0.2, 0.25) is 0 Å². The zero-order chi connectivity index (χ0) is 21.4. The first-order chi connectivity index (χ1) is 14.3. The lowest BCUT2D eigenvalue weighted by atomic mass is 9.95. The summed E-state index contributed by atoms with van der Waals surface area (Å²) in [5, 5.41) is 3.20. The van der Waals surface area contributed by atoms with Crippen molar-refractivity contribution in [2.45, 2.75) is 49.0 Å². The summed E-state index contributed by atoms with van der Waals surface area (Å²) < 4.78 is 34.8. The Bertz CT molecular complexity index is 1200. The summed E-state index contributed by atoms with van der Waals surface area (Å²) in [5.74, 6) is 0. The normalized spacial score (nSPS) is 22.1. The van der Waals surface area contributed by atoms with Gasteiger partial charge in [-0.25, -0.2) is 8.42 Å². The molecule has 5 nitrogen and oxygen atoms in total. The van der Waals surface area contributed by atoms with Crippen LogP contribution in [0.5, 0.6) is 0 Å². The van der Waals surface area contributed by atoms with Gasteiger partial charge in [0, 0.05) is 6.61 Å². The van der Waals surface area contributed by atoms with Crippen molar-refractivity contribution in [1.82, 2.24) is 9.78 Å². The standard InChI is InChI=1S/C23H26N2O3S2/c1-17-7-6-10-19(13-17)30(26,27)23(2)11-12-28-21(15-23)20-14-22(29)24-25(20)16-18-8-4-3-5-9-18/h3-10,13-14,21H,11-12,15-16H2,1-2H3,(H,24,29). The van der Waals surface area contributed by atoms with Crippen molar-refractivity contribution in [3.05, 3.63) is 82.1 Å². The van der Waals surface area contributed by atoms with Gasteiger partial charge in [0.25, 0.3) is 0 Å². The Morgan fingerprint density at radius 3 is 2.67 bits per heavy atom. The molecule has 1 aliphatic rings. The van der Waals surface area contributed by atoms with Crippen LogP contribution in [0.3, 0.4) is 0 Å². The van der Waals surface area contributed by atoms with Gasteiger partial charge in [0.1, 0.15) is 10.7 Å². The molecule has 4 rings (SSSR count). The molecule has 0 amide bonds. The van der Waals surface area contributed by atoms with Crippen molar-refractivity contribution in [2.24, 2.45) is 0 Å². The van der Waals surface area contributed by atoms with Gasteiger partial charge in [-0.1, -0.05) is 54.7 Å². The van der Waals surface area contributed by atoms with E-state index in [4.69, 9.17) is 17.0 Å². The number of ether oxygens (including phenoxy) is 1. The number of nitrogens with one attached hydrogen (secondary N) is 1. The average Bonchev–Trinajstić information content (AvgIpc) is 3.09. The number of H-pyrrole nitrogens is 1. The Hall–Kier alpha value is -2.22. The predicted molar refractivity (Wildman–Crippen MR) is 120 cm³/mol. The second kappa shape index (κ2) is 8.13. The van der Waals surface area contributed by atoms with Crippen molar-refractivity contribution in [3.63, 3.8) is 0 Å². The quantitative estimate of drug-likeness (QED) is 0.566. The highest BCUT2D eigenvalue weighted by Gasteiger charge is 2.45. The van der Waals surface area contributed by atoms with Crippen LogP contribution in [0, 0.1) is 11.6 Å². The highest BCUT2D eigenvalue weighted by Crippen LogP contribution is 2.42. The summed E-state index contributed by atoms with van der Waals surface area (Å²) in [6, 6.07) is 19.1. The Labute approximate surface area is 182 Å². The summed E-state index contributed by atoms with van der Waals surface area (Å²) in [5.41, 5.74) is 2.95. The number of aryl methyl sites for hydroxylation is 1. The molecule has 0 bridgehead atoms. The SMILES string of the molecule is Cc1cccc(S(=O)(=O)C2(C)CCOC(c3cc(=S)[nH]n3Cc3ccccc3)C2)c1. The van der Waals surface area contributed by atoms with Crippen LogP contribution in [0.25, 0.3) is 0 Å². The smallest absolute Gasteiger partial charge is 0.184 e. The number of aromatic amines is 1. The number of hydrogen-bond donors (Lipinski definition) is 1. The molecule has 2 aromatic carbocycles. The minimum absolute atomic E-state index is 0.347. The molecule has 7 heteroatoms. The van der Waals surface area contributed by atoms with E-state index in [1.807, 2.05) is 48.9 Å². The molecule has 1 saturated heterocycles. The van der Waals surface area contributed by atoms with Gasteiger partial charge in [-0.3, -0.25) is 9.78 Å². The Morgan fingerprint density at radius 1 is 1.17 bits per heavy atom. The summed E-state index contributed by atoms with van der Waals surface area (Å²) in [6.07, 6.45) is 0.494. The van der Waals surface area contributed by atoms with Gasteiger partial charge in [0.05, 0.1) is 21.9 Å². The zero-order valence-corrected chi connectivity index (χ0v) is 18.8. The van der Waals surface area contributed by atoms with Crippen molar-refractivity contribution >= 4 is 22.1 Å². The number of aromatic nitrogens is 2. The van der Waals surface area contributed by atoms with Crippen LogP contribution in [-0.2, 0) is 21.1 Å². The molecule has 2 unspecified atom stereocenters. The second-order valence-corrected chi connectivity index (χ2v) is 11.1. The van der Waals surface area contributed by atoms with Crippen LogP contribution >= 0.6 is 12.2 Å². The molecule has 1 aliphatic heterocycles. The van der Waals surface area contributed by atoms with Crippen LogP contribution in [-0.4, -0.2) is 29.6 Å². The molecule has 30 heavy (non-hydrogen) atoms. The first kappa shape index (κ1) is 21.0. The van der Waals surface area contributed by atoms with E-state index in [9.17, 15) is 8.42 Å². The van der Waals surface area contributed by atoms with Crippen LogP contribution in [0.2, 0.25) is 0 Å². The fourth-order valence-electron chi connectivity index (χ4n) is 4.08. The molecule has 0 radical (unpaired) electrons. The van der Waals surface area contributed by atoms with Crippen LogP contribution in [0.4, 0.5) is 0 Å². The summed E-state index contributed by atoms with van der Waals surface area (Å²) in [4.78, 5) is 0.376. The number of hydrogen-bond acceptors (Lipinski definition) is 4. The van der Waals surface area contributed by atoms with E-state index in [-0.39, 0.29) is 6.10 Å². The average molecular weight is 443 g/mol. The number of rotatable bonds is 5. The van der Waals surface area contributed by atoms with Crippen molar-refractivity contribution in [3.8, 4) is 0 Å². The van der Waals surface area contributed by atoms with E-state index in [2.05, 4.69) is 17.2 Å². The molecule has 3 aromatic rings. The highest BCUT2D eigenvalue weighted by molar-refractivity contribution is 7.92. The molecular weight excluding hydrogens is 416 g/mol. The van der Waals surface area contributed by atoms with Crippen LogP contribution in [0.1, 0.15) is 42.7 Å². The van der Waals surface area contributed by atoms with Crippen molar-refractivity contribution < 1.29 is 13.2 Å². The number of sulfone groups is 1. The zero-order valence-electron chi connectivity index (χ0n) is 17.2. The Balaban J connectivity index is 1.65. The van der Waals surface area contributed by atoms with Crippen LogP contribution in [0.15, 0.2) is 65.6 Å².